The van der Waals surface area contributed by atoms with Crippen molar-refractivity contribution in [1.29, 1.82) is 0 Å². The summed E-state index contributed by atoms with van der Waals surface area (Å²) >= 11 is 0. The molecule has 1 aromatic carbocycles. The molecule has 4 aliphatic rings. The fraction of sp³-hybridized carbons (Fsp3) is 0.600. The summed E-state index contributed by atoms with van der Waals surface area (Å²) in [7, 11) is 0. The summed E-state index contributed by atoms with van der Waals surface area (Å²) in [5.41, 5.74) is 5.32. The first-order valence-electron chi connectivity index (χ1n) is 10.7. The normalized spacial score (nSPS) is 44.4. The average Bonchev–Trinajstić information content (AvgIpc) is 3.00. The molecule has 138 valence electrons. The van der Waals surface area contributed by atoms with E-state index in [9.17, 15) is 5.11 Å². The molecule has 2 fully saturated rings. The highest BCUT2D eigenvalue weighted by Crippen LogP contribution is 2.66. The third-order valence-electron chi connectivity index (χ3n) is 8.74. The molecule has 0 bridgehead atoms. The number of allylic oxidation sites excluding steroid dienone is 3. The Kier molecular flexibility index (Phi) is 3.77. The number of hydrogen-bond acceptors (Lipinski definition) is 1. The highest BCUT2D eigenvalue weighted by atomic mass is 16.3. The molecule has 0 aromatic heterocycles. The maximum atomic E-state index is 10.2. The Hall–Kier alpha value is -1.34. The highest BCUT2D eigenvalue weighted by Gasteiger charge is 2.56. The van der Waals surface area contributed by atoms with E-state index in [0.717, 1.165) is 30.6 Å². The smallest absolute Gasteiger partial charge is 0.0577 e. The molecule has 26 heavy (non-hydrogen) atoms. The fourth-order valence-corrected chi connectivity index (χ4v) is 7.27. The molecule has 1 heteroatoms. The van der Waals surface area contributed by atoms with Crippen molar-refractivity contribution in [3.8, 4) is 0 Å². The Balaban J connectivity index is 1.48. The Labute approximate surface area is 158 Å². The molecule has 0 radical (unpaired) electrons. The van der Waals surface area contributed by atoms with Crippen LogP contribution in [-0.2, 0) is 0 Å². The quantitative estimate of drug-likeness (QED) is 0.617. The van der Waals surface area contributed by atoms with Gasteiger partial charge in [0.15, 0.2) is 0 Å². The number of fused-ring (bicyclic) bond motifs is 5. The van der Waals surface area contributed by atoms with E-state index in [0.29, 0.717) is 10.8 Å². The first-order valence-corrected chi connectivity index (χ1v) is 10.7. The van der Waals surface area contributed by atoms with Gasteiger partial charge in [0.05, 0.1) is 6.10 Å². The second-order valence-electron chi connectivity index (χ2n) is 9.83. The first kappa shape index (κ1) is 16.8. The fourth-order valence-electron chi connectivity index (χ4n) is 7.27. The summed E-state index contributed by atoms with van der Waals surface area (Å²) in [5.74, 6) is 2.42. The summed E-state index contributed by atoms with van der Waals surface area (Å²) in [5, 5.41) is 10.2. The monoisotopic (exact) mass is 348 g/mol. The lowest BCUT2D eigenvalue weighted by Gasteiger charge is -2.57. The molecule has 2 saturated carbocycles. The van der Waals surface area contributed by atoms with Crippen LogP contribution in [0, 0.1) is 28.6 Å². The molecular weight excluding hydrogens is 316 g/mol. The summed E-state index contributed by atoms with van der Waals surface area (Å²) in [6.45, 7) is 5.07. The Morgan fingerprint density at radius 1 is 0.885 bits per heavy atom. The summed E-state index contributed by atoms with van der Waals surface area (Å²) in [6.07, 6.45) is 13.3. The van der Waals surface area contributed by atoms with Crippen LogP contribution >= 0.6 is 0 Å². The molecule has 1 N–H and O–H groups in total. The van der Waals surface area contributed by atoms with E-state index < -0.39 is 0 Å². The van der Waals surface area contributed by atoms with Gasteiger partial charge >= 0.3 is 0 Å². The van der Waals surface area contributed by atoms with Crippen molar-refractivity contribution in [1.82, 2.24) is 0 Å². The van der Waals surface area contributed by atoms with E-state index in [2.05, 4.69) is 56.3 Å². The van der Waals surface area contributed by atoms with Gasteiger partial charge in [0.1, 0.15) is 0 Å². The van der Waals surface area contributed by atoms with Gasteiger partial charge in [-0.3, -0.25) is 0 Å². The van der Waals surface area contributed by atoms with Crippen LogP contribution < -0.4 is 0 Å². The molecular formula is C25H32O. The lowest BCUT2D eigenvalue weighted by Crippen LogP contribution is -2.49. The van der Waals surface area contributed by atoms with Gasteiger partial charge in [-0.1, -0.05) is 61.9 Å². The largest absolute Gasteiger partial charge is 0.393 e. The molecule has 0 amide bonds. The van der Waals surface area contributed by atoms with Crippen LogP contribution in [0.5, 0.6) is 0 Å². The van der Waals surface area contributed by atoms with Crippen LogP contribution in [0.15, 0.2) is 48.1 Å². The van der Waals surface area contributed by atoms with Crippen molar-refractivity contribution in [3.63, 3.8) is 0 Å². The second-order valence-corrected chi connectivity index (χ2v) is 9.83. The van der Waals surface area contributed by atoms with E-state index in [-0.39, 0.29) is 6.10 Å². The van der Waals surface area contributed by atoms with Gasteiger partial charge in [0.2, 0.25) is 0 Å². The topological polar surface area (TPSA) is 20.2 Å². The molecule has 0 heterocycles. The maximum Gasteiger partial charge on any atom is 0.0577 e. The molecule has 4 aliphatic carbocycles. The van der Waals surface area contributed by atoms with Crippen molar-refractivity contribution < 1.29 is 5.11 Å². The van der Waals surface area contributed by atoms with Crippen LogP contribution in [-0.4, -0.2) is 11.2 Å². The van der Waals surface area contributed by atoms with Gasteiger partial charge in [0, 0.05) is 0 Å². The summed E-state index contributed by atoms with van der Waals surface area (Å²) in [6, 6.07) is 11.1. The van der Waals surface area contributed by atoms with Gasteiger partial charge < -0.3 is 5.11 Å². The number of aliphatic hydroxyl groups is 1. The average molecular weight is 349 g/mol. The van der Waals surface area contributed by atoms with Gasteiger partial charge in [-0.05, 0) is 84.7 Å². The lowest BCUT2D eigenvalue weighted by molar-refractivity contribution is -0.0238. The van der Waals surface area contributed by atoms with E-state index in [1.807, 2.05) is 0 Å². The Morgan fingerprint density at radius 3 is 2.46 bits per heavy atom. The van der Waals surface area contributed by atoms with Crippen LogP contribution in [0.1, 0.15) is 64.4 Å². The van der Waals surface area contributed by atoms with Crippen molar-refractivity contribution in [3.05, 3.63) is 53.6 Å². The van der Waals surface area contributed by atoms with Crippen LogP contribution in [0.3, 0.4) is 0 Å². The Morgan fingerprint density at radius 2 is 1.65 bits per heavy atom. The molecule has 0 spiro atoms. The first-order chi connectivity index (χ1) is 12.5. The van der Waals surface area contributed by atoms with Gasteiger partial charge in [0.25, 0.3) is 0 Å². The Bertz CT molecular complexity index is 760. The summed E-state index contributed by atoms with van der Waals surface area (Å²) in [4.78, 5) is 0. The zero-order chi connectivity index (χ0) is 17.9. The second kappa shape index (κ2) is 5.83. The number of rotatable bonds is 1. The minimum absolute atomic E-state index is 0.0995. The van der Waals surface area contributed by atoms with Crippen molar-refractivity contribution >= 4 is 5.57 Å². The number of benzene rings is 1. The molecule has 1 aromatic rings. The number of aliphatic hydroxyl groups excluding tert-OH is 1. The van der Waals surface area contributed by atoms with Gasteiger partial charge in [-0.15, -0.1) is 0 Å². The predicted octanol–water partition coefficient (Wildman–Crippen LogP) is 6.00. The molecule has 0 aliphatic heterocycles. The van der Waals surface area contributed by atoms with Gasteiger partial charge in [-0.25, -0.2) is 0 Å². The van der Waals surface area contributed by atoms with E-state index in [1.165, 1.54) is 37.7 Å². The minimum Gasteiger partial charge on any atom is -0.393 e. The lowest BCUT2D eigenvalue weighted by atomic mass is 9.47. The number of hydrogen-bond donors (Lipinski definition) is 1. The van der Waals surface area contributed by atoms with Crippen LogP contribution in [0.4, 0.5) is 0 Å². The molecule has 0 unspecified atom stereocenters. The minimum atomic E-state index is -0.0995. The highest BCUT2D eigenvalue weighted by molar-refractivity contribution is 5.72. The van der Waals surface area contributed by atoms with E-state index >= 15 is 0 Å². The van der Waals surface area contributed by atoms with Crippen molar-refractivity contribution in [2.24, 2.45) is 28.6 Å². The van der Waals surface area contributed by atoms with Gasteiger partial charge in [-0.2, -0.15) is 0 Å². The zero-order valence-electron chi connectivity index (χ0n) is 16.2. The summed E-state index contributed by atoms with van der Waals surface area (Å²) < 4.78 is 0. The van der Waals surface area contributed by atoms with Crippen LogP contribution in [0.25, 0.3) is 5.57 Å². The molecule has 5 rings (SSSR count). The van der Waals surface area contributed by atoms with E-state index in [4.69, 9.17) is 0 Å². The molecule has 1 nitrogen and oxygen atoms in total. The SMILES string of the molecule is C[C@]12CC[C@H](O)CC1=CC[C@@H]1[C@@H]2CC[C@]2(C)C(c3ccccc3)=CC[C@@H]12. The van der Waals surface area contributed by atoms with E-state index in [1.54, 1.807) is 11.1 Å². The molecule has 0 saturated heterocycles. The predicted molar refractivity (Wildman–Crippen MR) is 108 cm³/mol. The third-order valence-corrected chi connectivity index (χ3v) is 8.74. The molecule has 6 atom stereocenters. The zero-order valence-corrected chi connectivity index (χ0v) is 16.2. The van der Waals surface area contributed by atoms with Crippen molar-refractivity contribution in [2.75, 3.05) is 0 Å². The maximum absolute atomic E-state index is 10.2. The third kappa shape index (κ3) is 2.26. The standard InChI is InChI=1S/C25H32O/c1-24-14-12-19(26)16-18(24)8-9-20-22-11-10-21(17-6-4-3-5-7-17)25(22,2)15-13-23(20)24/h3-8,10,19-20,22-23,26H,9,11-16H2,1-2H3/t19-,20-,22-,23-,24-,25+/m0/s1. The van der Waals surface area contributed by atoms with Crippen molar-refractivity contribution in [2.45, 2.75) is 64.9 Å². The van der Waals surface area contributed by atoms with Crippen LogP contribution in [0.2, 0.25) is 0 Å².